The van der Waals surface area contributed by atoms with Crippen LogP contribution in [0.5, 0.6) is 5.75 Å². The second-order valence-corrected chi connectivity index (χ2v) is 6.11. The minimum atomic E-state index is -0.245. The first-order valence-electron chi connectivity index (χ1n) is 7.42. The molecule has 0 saturated heterocycles. The molecule has 0 aromatic heterocycles. The van der Waals surface area contributed by atoms with Crippen LogP contribution in [0.1, 0.15) is 12.5 Å². The minimum absolute atomic E-state index is 0.0112. The SMILES string of the molecule is COc1ccc(CN(CC(=O)Nc2ccccc2Br)C(C)=O)cc1. The Morgan fingerprint density at radius 1 is 1.12 bits per heavy atom. The lowest BCUT2D eigenvalue weighted by Crippen LogP contribution is -2.36. The first-order valence-corrected chi connectivity index (χ1v) is 8.21. The molecule has 0 aliphatic rings. The van der Waals surface area contributed by atoms with Gasteiger partial charge in [-0.15, -0.1) is 0 Å². The number of carbonyl (C=O) groups excluding carboxylic acids is 2. The monoisotopic (exact) mass is 390 g/mol. The van der Waals surface area contributed by atoms with Crippen molar-refractivity contribution in [1.29, 1.82) is 0 Å². The van der Waals surface area contributed by atoms with Crippen molar-refractivity contribution in [3.63, 3.8) is 0 Å². The van der Waals surface area contributed by atoms with Crippen LogP contribution in [0.25, 0.3) is 0 Å². The van der Waals surface area contributed by atoms with Crippen molar-refractivity contribution < 1.29 is 14.3 Å². The summed E-state index contributed by atoms with van der Waals surface area (Å²) in [6.45, 7) is 1.81. The number of para-hydroxylation sites is 1. The molecule has 0 heterocycles. The summed E-state index contributed by atoms with van der Waals surface area (Å²) in [5.41, 5.74) is 1.61. The van der Waals surface area contributed by atoms with Crippen LogP contribution < -0.4 is 10.1 Å². The Kier molecular flexibility index (Phi) is 6.37. The fraction of sp³-hybridized carbons (Fsp3) is 0.222. The zero-order valence-electron chi connectivity index (χ0n) is 13.6. The van der Waals surface area contributed by atoms with Crippen LogP contribution in [0, 0.1) is 0 Å². The van der Waals surface area contributed by atoms with Crippen molar-refractivity contribution in [3.8, 4) is 5.75 Å². The lowest BCUT2D eigenvalue weighted by molar-refractivity contribution is -0.133. The van der Waals surface area contributed by atoms with E-state index in [1.165, 1.54) is 11.8 Å². The number of anilines is 1. The molecule has 1 N–H and O–H groups in total. The molecule has 0 bridgehead atoms. The van der Waals surface area contributed by atoms with Crippen molar-refractivity contribution in [2.24, 2.45) is 0 Å². The van der Waals surface area contributed by atoms with Gasteiger partial charge in [-0.25, -0.2) is 0 Å². The van der Waals surface area contributed by atoms with Gasteiger partial charge in [-0.05, 0) is 45.8 Å². The number of rotatable bonds is 6. The smallest absolute Gasteiger partial charge is 0.244 e. The maximum absolute atomic E-state index is 12.2. The molecule has 6 heteroatoms. The van der Waals surface area contributed by atoms with Gasteiger partial charge in [-0.3, -0.25) is 9.59 Å². The summed E-state index contributed by atoms with van der Waals surface area (Å²) in [7, 11) is 1.60. The average Bonchev–Trinajstić information content (AvgIpc) is 2.57. The topological polar surface area (TPSA) is 58.6 Å². The third-order valence-corrected chi connectivity index (χ3v) is 4.15. The molecule has 0 atom stereocenters. The molecule has 0 aliphatic carbocycles. The Labute approximate surface area is 149 Å². The molecule has 2 rings (SSSR count). The van der Waals surface area contributed by atoms with E-state index in [0.717, 1.165) is 15.8 Å². The number of hydrogen-bond acceptors (Lipinski definition) is 3. The zero-order chi connectivity index (χ0) is 17.5. The molecule has 2 aromatic rings. The van der Waals surface area contributed by atoms with E-state index in [0.29, 0.717) is 12.2 Å². The maximum Gasteiger partial charge on any atom is 0.244 e. The van der Waals surface area contributed by atoms with Crippen LogP contribution in [0.2, 0.25) is 0 Å². The lowest BCUT2D eigenvalue weighted by atomic mass is 10.2. The van der Waals surface area contributed by atoms with Crippen molar-refractivity contribution in [2.45, 2.75) is 13.5 Å². The Balaban J connectivity index is 2.01. The van der Waals surface area contributed by atoms with Gasteiger partial charge in [0.15, 0.2) is 0 Å². The van der Waals surface area contributed by atoms with Gasteiger partial charge >= 0.3 is 0 Å². The van der Waals surface area contributed by atoms with E-state index in [2.05, 4.69) is 21.2 Å². The van der Waals surface area contributed by atoms with Crippen LogP contribution in [0.4, 0.5) is 5.69 Å². The van der Waals surface area contributed by atoms with Crippen LogP contribution in [-0.4, -0.2) is 30.4 Å². The first-order chi connectivity index (χ1) is 11.5. The van der Waals surface area contributed by atoms with E-state index < -0.39 is 0 Å². The van der Waals surface area contributed by atoms with Crippen LogP contribution in [0.3, 0.4) is 0 Å². The number of benzene rings is 2. The lowest BCUT2D eigenvalue weighted by Gasteiger charge is -2.21. The summed E-state index contributed by atoms with van der Waals surface area (Å²) in [6, 6.07) is 14.7. The number of nitrogens with zero attached hydrogens (tertiary/aromatic N) is 1. The number of halogens is 1. The third kappa shape index (κ3) is 5.09. The summed E-state index contributed by atoms with van der Waals surface area (Å²) in [5, 5.41) is 2.80. The summed E-state index contributed by atoms with van der Waals surface area (Å²) >= 11 is 3.38. The van der Waals surface area contributed by atoms with Gasteiger partial charge in [-0.1, -0.05) is 24.3 Å². The van der Waals surface area contributed by atoms with E-state index in [1.807, 2.05) is 42.5 Å². The molecule has 0 saturated carbocycles. The summed E-state index contributed by atoms with van der Waals surface area (Å²) < 4.78 is 5.91. The van der Waals surface area contributed by atoms with Gasteiger partial charge in [0.25, 0.3) is 0 Å². The average molecular weight is 391 g/mol. The molecule has 2 amide bonds. The highest BCUT2D eigenvalue weighted by molar-refractivity contribution is 9.10. The number of nitrogens with one attached hydrogen (secondary N) is 1. The highest BCUT2D eigenvalue weighted by Gasteiger charge is 2.15. The van der Waals surface area contributed by atoms with Crippen LogP contribution in [-0.2, 0) is 16.1 Å². The van der Waals surface area contributed by atoms with Crippen molar-refractivity contribution in [3.05, 3.63) is 58.6 Å². The van der Waals surface area contributed by atoms with Crippen LogP contribution >= 0.6 is 15.9 Å². The van der Waals surface area contributed by atoms with Crippen molar-refractivity contribution >= 4 is 33.4 Å². The Morgan fingerprint density at radius 2 is 1.79 bits per heavy atom. The standard InChI is InChI=1S/C18H19BrN2O3/c1-13(22)21(11-14-7-9-15(24-2)10-8-14)12-18(23)20-17-6-4-3-5-16(17)19/h3-10H,11-12H2,1-2H3,(H,20,23). The highest BCUT2D eigenvalue weighted by Crippen LogP contribution is 2.21. The van der Waals surface area contributed by atoms with Crippen molar-refractivity contribution in [1.82, 2.24) is 4.90 Å². The second kappa shape index (κ2) is 8.49. The predicted octanol–water partition coefficient (Wildman–Crippen LogP) is 3.44. The minimum Gasteiger partial charge on any atom is -0.497 e. The zero-order valence-corrected chi connectivity index (χ0v) is 15.2. The first kappa shape index (κ1) is 18.0. The fourth-order valence-corrected chi connectivity index (χ4v) is 2.54. The van der Waals surface area contributed by atoms with Gasteiger partial charge in [-0.2, -0.15) is 0 Å². The second-order valence-electron chi connectivity index (χ2n) is 5.25. The number of methoxy groups -OCH3 is 1. The van der Waals surface area contributed by atoms with E-state index in [4.69, 9.17) is 4.74 Å². The Bertz CT molecular complexity index is 716. The highest BCUT2D eigenvalue weighted by atomic mass is 79.9. The van der Waals surface area contributed by atoms with Gasteiger partial charge in [0, 0.05) is 17.9 Å². The Morgan fingerprint density at radius 3 is 2.38 bits per heavy atom. The maximum atomic E-state index is 12.2. The van der Waals surface area contributed by atoms with Gasteiger partial charge in [0.05, 0.1) is 12.8 Å². The third-order valence-electron chi connectivity index (χ3n) is 3.46. The van der Waals surface area contributed by atoms with E-state index in [9.17, 15) is 9.59 Å². The normalized spacial score (nSPS) is 10.1. The van der Waals surface area contributed by atoms with E-state index >= 15 is 0 Å². The molecule has 0 radical (unpaired) electrons. The molecule has 0 fully saturated rings. The summed E-state index contributed by atoms with van der Waals surface area (Å²) in [5.74, 6) is 0.346. The number of hydrogen-bond donors (Lipinski definition) is 1. The number of ether oxygens (including phenoxy) is 1. The number of carbonyl (C=O) groups is 2. The van der Waals surface area contributed by atoms with E-state index in [-0.39, 0.29) is 18.4 Å². The molecule has 0 aliphatic heterocycles. The van der Waals surface area contributed by atoms with Gasteiger partial charge in [0.1, 0.15) is 12.3 Å². The molecular weight excluding hydrogens is 372 g/mol. The van der Waals surface area contributed by atoms with Crippen molar-refractivity contribution in [2.75, 3.05) is 19.0 Å². The molecule has 0 unspecified atom stereocenters. The van der Waals surface area contributed by atoms with Crippen LogP contribution in [0.15, 0.2) is 53.0 Å². The predicted molar refractivity (Wildman–Crippen MR) is 96.9 cm³/mol. The molecule has 0 spiro atoms. The van der Waals surface area contributed by atoms with E-state index in [1.54, 1.807) is 13.2 Å². The Hall–Kier alpha value is -2.34. The molecular formula is C18H19BrN2O3. The molecule has 5 nitrogen and oxygen atoms in total. The largest absolute Gasteiger partial charge is 0.497 e. The quantitative estimate of drug-likeness (QED) is 0.821. The van der Waals surface area contributed by atoms with Gasteiger partial charge in [0.2, 0.25) is 11.8 Å². The molecule has 126 valence electrons. The molecule has 2 aromatic carbocycles. The van der Waals surface area contributed by atoms with Gasteiger partial charge < -0.3 is 15.0 Å². The summed E-state index contributed by atoms with van der Waals surface area (Å²) in [4.78, 5) is 25.6. The summed E-state index contributed by atoms with van der Waals surface area (Å²) in [6.07, 6.45) is 0. The molecule has 24 heavy (non-hydrogen) atoms. The number of amides is 2. The fourth-order valence-electron chi connectivity index (χ4n) is 2.16.